The molecule has 2 aromatic heterocycles. The Morgan fingerprint density at radius 1 is 1.09 bits per heavy atom. The summed E-state index contributed by atoms with van der Waals surface area (Å²) in [7, 11) is 0. The van der Waals surface area contributed by atoms with E-state index in [0.29, 0.717) is 11.0 Å². The molecule has 0 saturated carbocycles. The Hall–Kier alpha value is -3.20. The fourth-order valence-corrected chi connectivity index (χ4v) is 4.57. The molecule has 0 aliphatic rings. The van der Waals surface area contributed by atoms with Crippen molar-refractivity contribution in [2.75, 3.05) is 0 Å². The van der Waals surface area contributed by atoms with Crippen molar-refractivity contribution in [3.05, 3.63) is 53.9 Å². The summed E-state index contributed by atoms with van der Waals surface area (Å²) in [6.07, 6.45) is 5.11. The number of imide groups is 1. The molecule has 3 aromatic rings. The largest absolute Gasteiger partial charge is 0.351 e. The molecular weight excluding hydrogens is 424 g/mol. The van der Waals surface area contributed by atoms with E-state index in [1.54, 1.807) is 12.4 Å². The van der Waals surface area contributed by atoms with Crippen molar-refractivity contribution >= 4 is 23.7 Å². The molecule has 1 aromatic carbocycles. The van der Waals surface area contributed by atoms with E-state index in [9.17, 15) is 9.59 Å². The number of nitrogens with two attached hydrogens (primary N) is 1. The Balaban J connectivity index is 2.20. The Kier molecular flexibility index (Phi) is 7.63. The normalized spacial score (nSPS) is 12.0. The molecule has 3 N–H and O–H groups in total. The third kappa shape index (κ3) is 4.99. The molecule has 2 heterocycles. The van der Waals surface area contributed by atoms with Crippen LogP contribution < -0.4 is 11.1 Å². The number of hydrogen-bond donors (Lipinski definition) is 2. The number of urea groups is 1. The fourth-order valence-electron chi connectivity index (χ4n) is 3.53. The number of thioether (sulfide) groups is 1. The van der Waals surface area contributed by atoms with Crippen LogP contribution in [-0.2, 0) is 17.6 Å². The number of nitrogens with one attached hydrogen (secondary N) is 1. The van der Waals surface area contributed by atoms with Gasteiger partial charge in [-0.3, -0.25) is 19.7 Å². The molecule has 0 saturated heterocycles. The van der Waals surface area contributed by atoms with Crippen molar-refractivity contribution in [1.82, 2.24) is 25.1 Å². The predicted octanol–water partition coefficient (Wildman–Crippen LogP) is 3.77. The standard InChI is InChI=1S/C23H28N6O2S/c1-5-15-9-7-10-16(6-2)18(15)29-20(17-11-8-12-25-13-17)27-28-23(29)32-19(14(3)4)21(30)26-22(24)31/h7-14,19H,5-6H2,1-4H3,(H3,24,26,30,31). The second kappa shape index (κ2) is 10.4. The van der Waals surface area contributed by atoms with Crippen LogP contribution in [0.5, 0.6) is 0 Å². The van der Waals surface area contributed by atoms with Crippen LogP contribution in [0.4, 0.5) is 4.79 Å². The number of benzene rings is 1. The summed E-state index contributed by atoms with van der Waals surface area (Å²) in [6, 6.07) is 9.15. The Labute approximate surface area is 192 Å². The van der Waals surface area contributed by atoms with Gasteiger partial charge in [0.25, 0.3) is 0 Å². The zero-order valence-corrected chi connectivity index (χ0v) is 19.5. The average molecular weight is 453 g/mol. The Morgan fingerprint density at radius 2 is 1.78 bits per heavy atom. The molecule has 3 rings (SSSR count). The minimum atomic E-state index is -0.872. The summed E-state index contributed by atoms with van der Waals surface area (Å²) in [5.41, 5.74) is 9.32. The van der Waals surface area contributed by atoms with Crippen LogP contribution in [0.25, 0.3) is 17.1 Å². The summed E-state index contributed by atoms with van der Waals surface area (Å²) in [6.45, 7) is 8.05. The highest BCUT2D eigenvalue weighted by molar-refractivity contribution is 8.00. The summed E-state index contributed by atoms with van der Waals surface area (Å²) < 4.78 is 2.01. The number of aromatic nitrogens is 4. The molecule has 0 aliphatic carbocycles. The average Bonchev–Trinajstić information content (AvgIpc) is 3.19. The molecule has 0 spiro atoms. The van der Waals surface area contributed by atoms with E-state index in [4.69, 9.17) is 5.73 Å². The molecule has 0 radical (unpaired) electrons. The summed E-state index contributed by atoms with van der Waals surface area (Å²) in [5.74, 6) is 0.127. The smallest absolute Gasteiger partial charge is 0.318 e. The minimum Gasteiger partial charge on any atom is -0.351 e. The van der Waals surface area contributed by atoms with Gasteiger partial charge in [0.05, 0.1) is 10.9 Å². The number of rotatable bonds is 8. The quantitative estimate of drug-likeness (QED) is 0.503. The van der Waals surface area contributed by atoms with E-state index < -0.39 is 17.2 Å². The summed E-state index contributed by atoms with van der Waals surface area (Å²) in [4.78, 5) is 28.2. The highest BCUT2D eigenvalue weighted by Crippen LogP contribution is 2.35. The zero-order chi connectivity index (χ0) is 23.3. The number of carbonyl (C=O) groups is 2. The number of nitrogens with zero attached hydrogens (tertiary/aromatic N) is 4. The van der Waals surface area contributed by atoms with Crippen molar-refractivity contribution in [3.8, 4) is 17.1 Å². The van der Waals surface area contributed by atoms with Crippen molar-refractivity contribution in [1.29, 1.82) is 0 Å². The molecule has 0 aliphatic heterocycles. The number of primary amides is 1. The lowest BCUT2D eigenvalue weighted by atomic mass is 10.0. The Bertz CT molecular complexity index is 1070. The van der Waals surface area contributed by atoms with E-state index in [2.05, 4.69) is 52.5 Å². The lowest BCUT2D eigenvalue weighted by Crippen LogP contribution is -2.42. The van der Waals surface area contributed by atoms with Crippen LogP contribution in [0.15, 0.2) is 47.9 Å². The molecule has 8 nitrogen and oxygen atoms in total. The first-order valence-electron chi connectivity index (χ1n) is 10.6. The molecular formula is C23H28N6O2S. The van der Waals surface area contributed by atoms with Gasteiger partial charge in [-0.1, -0.05) is 57.7 Å². The number of carbonyl (C=O) groups excluding carboxylic acids is 2. The third-order valence-corrected chi connectivity index (χ3v) is 6.57. The second-order valence-electron chi connectivity index (χ2n) is 7.65. The lowest BCUT2D eigenvalue weighted by molar-refractivity contribution is -0.120. The van der Waals surface area contributed by atoms with Gasteiger partial charge in [-0.05, 0) is 42.0 Å². The van der Waals surface area contributed by atoms with Gasteiger partial charge in [-0.15, -0.1) is 10.2 Å². The van der Waals surface area contributed by atoms with Crippen molar-refractivity contribution in [2.45, 2.75) is 50.9 Å². The zero-order valence-electron chi connectivity index (χ0n) is 18.7. The van der Waals surface area contributed by atoms with Gasteiger partial charge in [-0.2, -0.15) is 0 Å². The minimum absolute atomic E-state index is 0.0709. The maximum atomic E-state index is 12.7. The topological polar surface area (TPSA) is 116 Å². The van der Waals surface area contributed by atoms with Gasteiger partial charge in [0, 0.05) is 18.0 Å². The monoisotopic (exact) mass is 452 g/mol. The van der Waals surface area contributed by atoms with E-state index >= 15 is 0 Å². The van der Waals surface area contributed by atoms with Gasteiger partial charge < -0.3 is 5.73 Å². The van der Waals surface area contributed by atoms with Crippen LogP contribution in [0, 0.1) is 5.92 Å². The van der Waals surface area contributed by atoms with Gasteiger partial charge >= 0.3 is 6.03 Å². The first kappa shape index (κ1) is 23.5. The molecule has 1 unspecified atom stereocenters. The van der Waals surface area contributed by atoms with E-state index in [-0.39, 0.29) is 5.92 Å². The van der Waals surface area contributed by atoms with Crippen LogP contribution >= 0.6 is 11.8 Å². The summed E-state index contributed by atoms with van der Waals surface area (Å²) >= 11 is 1.27. The lowest BCUT2D eigenvalue weighted by Gasteiger charge is -2.21. The van der Waals surface area contributed by atoms with Crippen LogP contribution in [0.3, 0.4) is 0 Å². The molecule has 9 heteroatoms. The van der Waals surface area contributed by atoms with Gasteiger partial charge in [0.15, 0.2) is 11.0 Å². The molecule has 1 atom stereocenters. The highest BCUT2D eigenvalue weighted by atomic mass is 32.2. The number of amides is 3. The van der Waals surface area contributed by atoms with Gasteiger partial charge in [-0.25, -0.2) is 4.79 Å². The molecule has 32 heavy (non-hydrogen) atoms. The maximum absolute atomic E-state index is 12.7. The second-order valence-corrected chi connectivity index (χ2v) is 8.76. The first-order valence-corrected chi connectivity index (χ1v) is 11.5. The predicted molar refractivity (Wildman–Crippen MR) is 126 cm³/mol. The van der Waals surface area contributed by atoms with E-state index in [1.165, 1.54) is 11.8 Å². The van der Waals surface area contributed by atoms with Crippen molar-refractivity contribution in [3.63, 3.8) is 0 Å². The number of pyridine rings is 1. The third-order valence-electron chi connectivity index (χ3n) is 5.08. The molecule has 168 valence electrons. The maximum Gasteiger partial charge on any atom is 0.318 e. The SMILES string of the molecule is CCc1cccc(CC)c1-n1c(SC(C(=O)NC(N)=O)C(C)C)nnc1-c1cccnc1. The van der Waals surface area contributed by atoms with Crippen LogP contribution in [0.1, 0.15) is 38.8 Å². The van der Waals surface area contributed by atoms with E-state index in [0.717, 1.165) is 35.2 Å². The van der Waals surface area contributed by atoms with Crippen LogP contribution in [0.2, 0.25) is 0 Å². The number of para-hydroxylation sites is 1. The van der Waals surface area contributed by atoms with Gasteiger partial charge in [0.2, 0.25) is 5.91 Å². The molecule has 3 amide bonds. The fraction of sp³-hybridized carbons (Fsp3) is 0.348. The first-order chi connectivity index (χ1) is 15.4. The van der Waals surface area contributed by atoms with Gasteiger partial charge in [0.1, 0.15) is 0 Å². The van der Waals surface area contributed by atoms with Crippen molar-refractivity contribution < 1.29 is 9.59 Å². The van der Waals surface area contributed by atoms with Crippen LogP contribution in [-0.4, -0.2) is 36.9 Å². The van der Waals surface area contributed by atoms with E-state index in [1.807, 2.05) is 30.5 Å². The number of hydrogen-bond acceptors (Lipinski definition) is 6. The molecule has 0 bridgehead atoms. The highest BCUT2D eigenvalue weighted by Gasteiger charge is 2.29. The summed E-state index contributed by atoms with van der Waals surface area (Å²) in [5, 5.41) is 11.1. The van der Waals surface area contributed by atoms with Crippen molar-refractivity contribution in [2.24, 2.45) is 11.7 Å². The Morgan fingerprint density at radius 3 is 2.31 bits per heavy atom. The molecule has 0 fully saturated rings. The number of aryl methyl sites for hydroxylation is 2.